The van der Waals surface area contributed by atoms with Gasteiger partial charge in [0.25, 0.3) is 0 Å². The minimum absolute atomic E-state index is 0.0295. The summed E-state index contributed by atoms with van der Waals surface area (Å²) in [6.07, 6.45) is 2.81. The third-order valence-corrected chi connectivity index (χ3v) is 5.29. The number of sulfonamides is 1. The molecule has 0 saturated carbocycles. The number of nitrogens with one attached hydrogen (secondary N) is 2. The number of carbonyl (C=O) groups is 1. The Kier molecular flexibility index (Phi) is 3.98. The molecule has 1 fully saturated rings. The van der Waals surface area contributed by atoms with Gasteiger partial charge in [-0.05, 0) is 30.4 Å². The fourth-order valence-electron chi connectivity index (χ4n) is 1.76. The Morgan fingerprint density at radius 3 is 2.67 bits per heavy atom. The number of H-pyrrole nitrogens is 1. The second kappa shape index (κ2) is 5.33. The van der Waals surface area contributed by atoms with Crippen molar-refractivity contribution in [2.45, 2.75) is 23.8 Å². The van der Waals surface area contributed by atoms with Gasteiger partial charge in [-0.25, -0.2) is 17.9 Å². The monoisotopic (exact) mass is 290 g/mol. The van der Waals surface area contributed by atoms with Crippen molar-refractivity contribution >= 4 is 27.8 Å². The predicted molar refractivity (Wildman–Crippen MR) is 68.4 cm³/mol. The highest BCUT2D eigenvalue weighted by Gasteiger charge is 2.23. The van der Waals surface area contributed by atoms with Gasteiger partial charge in [-0.15, -0.1) is 0 Å². The molecule has 18 heavy (non-hydrogen) atoms. The smallest absolute Gasteiger partial charge is 0.352 e. The van der Waals surface area contributed by atoms with Crippen LogP contribution in [0.4, 0.5) is 0 Å². The molecule has 0 atom stereocenters. The molecule has 2 rings (SSSR count). The highest BCUT2D eigenvalue weighted by Crippen LogP contribution is 2.19. The highest BCUT2D eigenvalue weighted by atomic mass is 32.2. The van der Waals surface area contributed by atoms with E-state index in [-0.39, 0.29) is 16.6 Å². The number of thioether (sulfide) groups is 1. The number of hydrogen-bond donors (Lipinski definition) is 3. The number of hydrogen-bond acceptors (Lipinski definition) is 4. The van der Waals surface area contributed by atoms with Gasteiger partial charge >= 0.3 is 5.97 Å². The van der Waals surface area contributed by atoms with Gasteiger partial charge in [0.15, 0.2) is 0 Å². The van der Waals surface area contributed by atoms with Gasteiger partial charge in [-0.3, -0.25) is 0 Å². The van der Waals surface area contributed by atoms with E-state index in [1.54, 1.807) is 0 Å². The minimum Gasteiger partial charge on any atom is -0.477 e. The van der Waals surface area contributed by atoms with Crippen LogP contribution in [-0.4, -0.2) is 42.0 Å². The molecule has 2 heterocycles. The normalized spacial score (nSPS) is 17.8. The van der Waals surface area contributed by atoms with E-state index in [1.807, 2.05) is 11.8 Å². The molecule has 1 aromatic heterocycles. The maximum Gasteiger partial charge on any atom is 0.352 e. The van der Waals surface area contributed by atoms with Gasteiger partial charge in [0.2, 0.25) is 10.0 Å². The molecule has 1 aliphatic rings. The lowest BCUT2D eigenvalue weighted by atomic mass is 10.2. The Morgan fingerprint density at radius 2 is 2.11 bits per heavy atom. The summed E-state index contributed by atoms with van der Waals surface area (Å²) in [6, 6.07) is 1.07. The van der Waals surface area contributed by atoms with Gasteiger partial charge in [0.05, 0.1) is 0 Å². The molecule has 0 radical (unpaired) electrons. The van der Waals surface area contributed by atoms with Crippen LogP contribution in [0.2, 0.25) is 0 Å². The molecule has 0 aromatic carbocycles. The molecule has 1 saturated heterocycles. The lowest BCUT2D eigenvalue weighted by Crippen LogP contribution is -2.37. The summed E-state index contributed by atoms with van der Waals surface area (Å²) in [5, 5.41) is 8.74. The second-order valence-electron chi connectivity index (χ2n) is 4.06. The van der Waals surface area contributed by atoms with E-state index in [4.69, 9.17) is 5.11 Å². The first-order valence-electron chi connectivity index (χ1n) is 5.51. The van der Waals surface area contributed by atoms with Crippen LogP contribution in [0.3, 0.4) is 0 Å². The maximum atomic E-state index is 12.0. The van der Waals surface area contributed by atoms with Crippen molar-refractivity contribution < 1.29 is 18.3 Å². The lowest BCUT2D eigenvalue weighted by Gasteiger charge is -2.21. The molecule has 1 aromatic rings. The molecule has 6 nitrogen and oxygen atoms in total. The number of carboxylic acids is 1. The van der Waals surface area contributed by atoms with Crippen molar-refractivity contribution in [1.29, 1.82) is 0 Å². The summed E-state index contributed by atoms with van der Waals surface area (Å²) < 4.78 is 26.6. The molecule has 3 N–H and O–H groups in total. The van der Waals surface area contributed by atoms with Gasteiger partial charge in [0.1, 0.15) is 10.6 Å². The topological polar surface area (TPSA) is 99.3 Å². The van der Waals surface area contributed by atoms with Crippen molar-refractivity contribution in [1.82, 2.24) is 9.71 Å². The Hall–Kier alpha value is -0.990. The Bertz CT molecular complexity index is 532. The Morgan fingerprint density at radius 1 is 1.44 bits per heavy atom. The van der Waals surface area contributed by atoms with Gasteiger partial charge < -0.3 is 10.1 Å². The largest absolute Gasteiger partial charge is 0.477 e. The first-order chi connectivity index (χ1) is 8.49. The van der Waals surface area contributed by atoms with Crippen LogP contribution in [0.5, 0.6) is 0 Å². The summed E-state index contributed by atoms with van der Waals surface area (Å²) in [6.45, 7) is 0. The zero-order valence-electron chi connectivity index (χ0n) is 9.55. The highest BCUT2D eigenvalue weighted by molar-refractivity contribution is 7.99. The first-order valence-corrected chi connectivity index (χ1v) is 8.14. The summed E-state index contributed by atoms with van der Waals surface area (Å²) in [5.41, 5.74) is -0.130. The van der Waals surface area contributed by atoms with Crippen molar-refractivity contribution in [2.24, 2.45) is 0 Å². The van der Waals surface area contributed by atoms with Crippen LogP contribution in [0.25, 0.3) is 0 Å². The standard InChI is InChI=1S/C10H14N2O4S2/c13-10(14)9-5-8(6-11-9)18(15,16)12-7-1-3-17-4-2-7/h5-7,11-12H,1-4H2,(H,13,14). The molecule has 8 heteroatoms. The van der Waals surface area contributed by atoms with E-state index in [9.17, 15) is 13.2 Å². The van der Waals surface area contributed by atoms with E-state index < -0.39 is 16.0 Å². The average Bonchev–Trinajstić information content (AvgIpc) is 2.79. The van der Waals surface area contributed by atoms with Gasteiger partial charge in [-0.2, -0.15) is 11.8 Å². The fourth-order valence-corrected chi connectivity index (χ4v) is 4.16. The quantitative estimate of drug-likeness (QED) is 0.764. The van der Waals surface area contributed by atoms with Gasteiger partial charge in [-0.1, -0.05) is 0 Å². The third kappa shape index (κ3) is 3.06. The van der Waals surface area contributed by atoms with E-state index in [1.165, 1.54) is 6.20 Å². The van der Waals surface area contributed by atoms with Crippen LogP contribution < -0.4 is 4.72 Å². The zero-order valence-corrected chi connectivity index (χ0v) is 11.2. The SMILES string of the molecule is O=C(O)c1cc(S(=O)(=O)NC2CCSCC2)c[nH]1. The number of aromatic nitrogens is 1. The second-order valence-corrected chi connectivity index (χ2v) is 7.00. The molecular formula is C10H14N2O4S2. The molecular weight excluding hydrogens is 276 g/mol. The van der Waals surface area contributed by atoms with Gasteiger partial charge in [0, 0.05) is 12.2 Å². The lowest BCUT2D eigenvalue weighted by molar-refractivity contribution is 0.0691. The summed E-state index contributed by atoms with van der Waals surface area (Å²) in [5.74, 6) is 0.715. The number of rotatable bonds is 4. The molecule has 0 unspecified atom stereocenters. The van der Waals surface area contributed by atoms with Crippen molar-refractivity contribution in [3.8, 4) is 0 Å². The van der Waals surface area contributed by atoms with Crippen molar-refractivity contribution in [3.63, 3.8) is 0 Å². The predicted octanol–water partition coefficient (Wildman–Crippen LogP) is 0.887. The van der Waals surface area contributed by atoms with Crippen LogP contribution >= 0.6 is 11.8 Å². The zero-order chi connectivity index (χ0) is 13.2. The van der Waals surface area contributed by atoms with Crippen molar-refractivity contribution in [2.75, 3.05) is 11.5 Å². The molecule has 0 amide bonds. The number of aromatic carboxylic acids is 1. The first kappa shape index (κ1) is 13.4. The van der Waals surface area contributed by atoms with E-state index in [2.05, 4.69) is 9.71 Å². The third-order valence-electron chi connectivity index (χ3n) is 2.74. The summed E-state index contributed by atoms with van der Waals surface area (Å²) >= 11 is 1.81. The Labute approximate surface area is 109 Å². The molecule has 1 aliphatic heterocycles. The van der Waals surface area contributed by atoms with E-state index in [0.29, 0.717) is 0 Å². The minimum atomic E-state index is -3.63. The Balaban J connectivity index is 2.11. The summed E-state index contributed by atoms with van der Waals surface area (Å²) in [7, 11) is -3.63. The molecule has 0 bridgehead atoms. The fraction of sp³-hybridized carbons (Fsp3) is 0.500. The van der Waals surface area contributed by atoms with E-state index >= 15 is 0 Å². The average molecular weight is 290 g/mol. The molecule has 0 aliphatic carbocycles. The molecule has 0 spiro atoms. The van der Waals surface area contributed by atoms with Crippen LogP contribution in [0.15, 0.2) is 17.2 Å². The van der Waals surface area contributed by atoms with Crippen molar-refractivity contribution in [3.05, 3.63) is 18.0 Å². The number of aromatic amines is 1. The van der Waals surface area contributed by atoms with Crippen LogP contribution in [0, 0.1) is 0 Å². The van der Waals surface area contributed by atoms with E-state index in [0.717, 1.165) is 30.4 Å². The molecule has 100 valence electrons. The van der Waals surface area contributed by atoms with Crippen LogP contribution in [0.1, 0.15) is 23.3 Å². The number of carboxylic acid groups (broad SMARTS) is 1. The van der Waals surface area contributed by atoms with Crippen LogP contribution in [-0.2, 0) is 10.0 Å². The maximum absolute atomic E-state index is 12.0. The summed E-state index contributed by atoms with van der Waals surface area (Å²) in [4.78, 5) is 13.1.